The summed E-state index contributed by atoms with van der Waals surface area (Å²) in [5.74, 6) is -0.500. The van der Waals surface area contributed by atoms with Gasteiger partial charge in [-0.25, -0.2) is 4.79 Å². The van der Waals surface area contributed by atoms with Crippen molar-refractivity contribution >= 4 is 5.97 Å². The molecule has 1 atom stereocenters. The van der Waals surface area contributed by atoms with Crippen molar-refractivity contribution < 1.29 is 19.1 Å². The summed E-state index contributed by atoms with van der Waals surface area (Å²) in [7, 11) is 6.07. The highest BCUT2D eigenvalue weighted by atomic mass is 16.5. The van der Waals surface area contributed by atoms with Gasteiger partial charge in [0.2, 0.25) is 0 Å². The van der Waals surface area contributed by atoms with Gasteiger partial charge in [-0.3, -0.25) is 0 Å². The summed E-state index contributed by atoms with van der Waals surface area (Å²) in [4.78, 5) is 11.1. The molecule has 0 aromatic rings. The predicted octanol–water partition coefficient (Wildman–Crippen LogP) is 0.397. The van der Waals surface area contributed by atoms with Crippen LogP contribution < -0.4 is 0 Å². The van der Waals surface area contributed by atoms with Crippen LogP contribution in [0.1, 0.15) is 19.8 Å². The van der Waals surface area contributed by atoms with Crippen LogP contribution in [0.5, 0.6) is 0 Å². The molecule has 1 unspecified atom stereocenters. The maximum Gasteiger partial charge on any atom is 0.335 e. The lowest BCUT2D eigenvalue weighted by molar-refractivity contribution is -0.870. The fourth-order valence-corrected chi connectivity index (χ4v) is 0.908. The Morgan fingerprint density at radius 1 is 1.43 bits per heavy atom. The molecule has 0 aliphatic heterocycles. The van der Waals surface area contributed by atoms with Gasteiger partial charge in [-0.1, -0.05) is 13.3 Å². The summed E-state index contributed by atoms with van der Waals surface area (Å²) in [6.45, 7) is 3.04. The fourth-order valence-electron chi connectivity index (χ4n) is 0.908. The lowest BCUT2D eigenvalue weighted by Crippen LogP contribution is -2.38. The molecule has 84 valence electrons. The van der Waals surface area contributed by atoms with Crippen LogP contribution in [0.2, 0.25) is 0 Å². The molecule has 0 bridgehead atoms. The highest BCUT2D eigenvalue weighted by molar-refractivity contribution is 5.74. The molecule has 0 aromatic heterocycles. The largest absolute Gasteiger partial charge is 0.458 e. The van der Waals surface area contributed by atoms with Crippen molar-refractivity contribution in [2.24, 2.45) is 0 Å². The fraction of sp³-hybridized carbons (Fsp3) is 0.900. The molecule has 0 saturated carbocycles. The van der Waals surface area contributed by atoms with E-state index in [0.29, 0.717) is 13.0 Å². The summed E-state index contributed by atoms with van der Waals surface area (Å²) in [5.41, 5.74) is 0. The van der Waals surface area contributed by atoms with E-state index in [2.05, 4.69) is 0 Å². The standard InChI is InChI=1S/C10H22NO3/c1-5-6-9(12)10(13)14-8-7-11(2,3)4/h9,12H,5-8H2,1-4H3/q+1. The minimum Gasteiger partial charge on any atom is -0.458 e. The first kappa shape index (κ1) is 13.4. The second-order valence-electron chi connectivity index (χ2n) is 4.49. The number of esters is 1. The first-order valence-electron chi connectivity index (χ1n) is 5.02. The summed E-state index contributed by atoms with van der Waals surface area (Å²) in [5, 5.41) is 9.27. The van der Waals surface area contributed by atoms with Gasteiger partial charge in [-0.15, -0.1) is 0 Å². The number of aliphatic hydroxyl groups excluding tert-OH is 1. The third kappa shape index (κ3) is 6.86. The van der Waals surface area contributed by atoms with Gasteiger partial charge >= 0.3 is 5.97 Å². The number of carbonyl (C=O) groups excluding carboxylic acids is 1. The van der Waals surface area contributed by atoms with Crippen LogP contribution in [-0.2, 0) is 9.53 Å². The van der Waals surface area contributed by atoms with Crippen LogP contribution in [0.4, 0.5) is 0 Å². The SMILES string of the molecule is CCCC(O)C(=O)OCC[N+](C)(C)C. The van der Waals surface area contributed by atoms with E-state index >= 15 is 0 Å². The smallest absolute Gasteiger partial charge is 0.335 e. The molecule has 0 rings (SSSR count). The third-order valence-corrected chi connectivity index (χ3v) is 1.84. The molecule has 0 aliphatic rings. The van der Waals surface area contributed by atoms with Crippen LogP contribution in [0.3, 0.4) is 0 Å². The van der Waals surface area contributed by atoms with Gasteiger partial charge in [0.25, 0.3) is 0 Å². The second kappa shape index (κ2) is 5.98. The van der Waals surface area contributed by atoms with Crippen molar-refractivity contribution in [3.05, 3.63) is 0 Å². The number of aliphatic hydroxyl groups is 1. The van der Waals surface area contributed by atoms with Crippen molar-refractivity contribution in [2.75, 3.05) is 34.3 Å². The van der Waals surface area contributed by atoms with Crippen molar-refractivity contribution in [1.82, 2.24) is 0 Å². The van der Waals surface area contributed by atoms with E-state index in [0.717, 1.165) is 17.4 Å². The van der Waals surface area contributed by atoms with Crippen LogP contribution >= 0.6 is 0 Å². The second-order valence-corrected chi connectivity index (χ2v) is 4.49. The lowest BCUT2D eigenvalue weighted by Gasteiger charge is -2.23. The highest BCUT2D eigenvalue weighted by Crippen LogP contribution is 1.99. The molecule has 0 spiro atoms. The van der Waals surface area contributed by atoms with Gasteiger partial charge in [0.15, 0.2) is 6.10 Å². The number of carbonyl (C=O) groups is 1. The van der Waals surface area contributed by atoms with Gasteiger partial charge in [-0.05, 0) is 6.42 Å². The molecule has 0 amide bonds. The van der Waals surface area contributed by atoms with E-state index in [1.54, 1.807) is 0 Å². The first-order valence-corrected chi connectivity index (χ1v) is 5.02. The number of ether oxygens (including phenoxy) is 1. The monoisotopic (exact) mass is 204 g/mol. The average Bonchev–Trinajstić information content (AvgIpc) is 2.02. The van der Waals surface area contributed by atoms with E-state index in [4.69, 9.17) is 4.74 Å². The Bertz CT molecular complexity index is 175. The maximum absolute atomic E-state index is 11.1. The number of hydrogen-bond acceptors (Lipinski definition) is 3. The van der Waals surface area contributed by atoms with Gasteiger partial charge in [0.05, 0.1) is 21.1 Å². The normalized spacial score (nSPS) is 13.8. The Labute approximate surface area is 86.1 Å². The molecule has 0 aromatic carbocycles. The molecular formula is C10H22NO3+. The number of nitrogens with zero attached hydrogens (tertiary/aromatic N) is 1. The first-order chi connectivity index (χ1) is 6.37. The van der Waals surface area contributed by atoms with Crippen molar-refractivity contribution in [3.8, 4) is 0 Å². The molecule has 0 radical (unpaired) electrons. The Balaban J connectivity index is 3.64. The van der Waals surface area contributed by atoms with Crippen LogP contribution in [-0.4, -0.2) is 56.0 Å². The zero-order chi connectivity index (χ0) is 11.2. The molecule has 1 N–H and O–H groups in total. The Hall–Kier alpha value is -0.610. The van der Waals surface area contributed by atoms with E-state index in [-0.39, 0.29) is 0 Å². The van der Waals surface area contributed by atoms with Gasteiger partial charge < -0.3 is 14.3 Å². The number of quaternary nitrogens is 1. The molecule has 0 fully saturated rings. The average molecular weight is 204 g/mol. The topological polar surface area (TPSA) is 46.5 Å². The third-order valence-electron chi connectivity index (χ3n) is 1.84. The minimum atomic E-state index is -0.951. The summed E-state index contributed by atoms with van der Waals surface area (Å²) in [6, 6.07) is 0. The Kier molecular flexibility index (Phi) is 5.72. The summed E-state index contributed by atoms with van der Waals surface area (Å²) in [6.07, 6.45) is 0.307. The van der Waals surface area contributed by atoms with Crippen LogP contribution in [0, 0.1) is 0 Å². The van der Waals surface area contributed by atoms with E-state index < -0.39 is 12.1 Å². The van der Waals surface area contributed by atoms with Crippen molar-refractivity contribution in [2.45, 2.75) is 25.9 Å². The number of hydrogen-bond donors (Lipinski definition) is 1. The van der Waals surface area contributed by atoms with Gasteiger partial charge in [-0.2, -0.15) is 0 Å². The minimum absolute atomic E-state index is 0.364. The molecule has 14 heavy (non-hydrogen) atoms. The maximum atomic E-state index is 11.1. The molecule has 0 saturated heterocycles. The van der Waals surface area contributed by atoms with Gasteiger partial charge in [0.1, 0.15) is 13.2 Å². The van der Waals surface area contributed by atoms with E-state index in [1.165, 1.54) is 0 Å². The summed E-state index contributed by atoms with van der Waals surface area (Å²) < 4.78 is 5.67. The van der Waals surface area contributed by atoms with E-state index in [9.17, 15) is 9.90 Å². The lowest BCUT2D eigenvalue weighted by atomic mass is 10.2. The van der Waals surface area contributed by atoms with E-state index in [1.807, 2.05) is 28.1 Å². The molecular weight excluding hydrogens is 182 g/mol. The number of rotatable bonds is 6. The molecule has 0 heterocycles. The summed E-state index contributed by atoms with van der Waals surface area (Å²) >= 11 is 0. The highest BCUT2D eigenvalue weighted by Gasteiger charge is 2.16. The molecule has 4 heteroatoms. The van der Waals surface area contributed by atoms with Crippen molar-refractivity contribution in [3.63, 3.8) is 0 Å². The zero-order valence-corrected chi connectivity index (χ0v) is 9.62. The quantitative estimate of drug-likeness (QED) is 0.503. The molecule has 0 aliphatic carbocycles. The van der Waals surface area contributed by atoms with Crippen molar-refractivity contribution in [1.29, 1.82) is 0 Å². The van der Waals surface area contributed by atoms with Crippen LogP contribution in [0.15, 0.2) is 0 Å². The Morgan fingerprint density at radius 3 is 2.43 bits per heavy atom. The zero-order valence-electron chi connectivity index (χ0n) is 9.62. The van der Waals surface area contributed by atoms with Crippen LogP contribution in [0.25, 0.3) is 0 Å². The van der Waals surface area contributed by atoms with Gasteiger partial charge in [0, 0.05) is 0 Å². The predicted molar refractivity (Wildman–Crippen MR) is 54.8 cm³/mol. The Morgan fingerprint density at radius 2 is 2.00 bits per heavy atom. The molecule has 4 nitrogen and oxygen atoms in total. The number of likely N-dealkylation sites (N-methyl/N-ethyl adjacent to an activating group) is 1.